The van der Waals surface area contributed by atoms with E-state index in [1.165, 1.54) is 11.3 Å². The smallest absolute Gasteiger partial charge is 0.261 e. The van der Waals surface area contributed by atoms with E-state index >= 15 is 0 Å². The minimum Gasteiger partial charge on any atom is -0.347 e. The fourth-order valence-electron chi connectivity index (χ4n) is 3.50. The average molecular weight is 437 g/mol. The summed E-state index contributed by atoms with van der Waals surface area (Å²) in [6.07, 6.45) is 1.94. The quantitative estimate of drug-likeness (QED) is 0.597. The molecule has 4 rings (SSSR count). The molecular formula is C24H28N4O2S. The second-order valence-corrected chi connectivity index (χ2v) is 10.3. The van der Waals surface area contributed by atoms with Crippen molar-refractivity contribution >= 4 is 39.1 Å². The molecule has 6 nitrogen and oxygen atoms in total. The molecule has 3 aromatic rings. The van der Waals surface area contributed by atoms with Gasteiger partial charge in [0.1, 0.15) is 10.7 Å². The molecule has 1 aromatic carbocycles. The number of aryl methyl sites for hydroxylation is 2. The molecule has 1 saturated carbocycles. The molecule has 0 bridgehead atoms. The molecule has 0 atom stereocenters. The predicted molar refractivity (Wildman–Crippen MR) is 125 cm³/mol. The number of nitrogens with zero attached hydrogens (tertiary/aromatic N) is 2. The highest BCUT2D eigenvalue weighted by atomic mass is 32.1. The van der Waals surface area contributed by atoms with Crippen LogP contribution in [0.25, 0.3) is 10.2 Å². The number of fused-ring (bicyclic) bond motifs is 1. The van der Waals surface area contributed by atoms with Crippen molar-refractivity contribution in [3.63, 3.8) is 0 Å². The number of hydrogen-bond acceptors (Lipinski definition) is 5. The standard InChI is InChI=1S/C24H28N4O2S/c1-13-18-14(2)26-23(24(3,4)5)28-22(18)31-19(13)21(30)25-12-15-7-6-8-17(11-15)27-20(29)16-9-10-16/h6-8,11,16H,9-10,12H2,1-5H3,(H,25,30)(H,27,29). The van der Waals surface area contributed by atoms with E-state index in [2.05, 4.69) is 36.4 Å². The first kappa shape index (κ1) is 21.4. The topological polar surface area (TPSA) is 84.0 Å². The van der Waals surface area contributed by atoms with Crippen LogP contribution < -0.4 is 10.6 Å². The molecule has 0 spiro atoms. The van der Waals surface area contributed by atoms with Crippen LogP contribution in [0.3, 0.4) is 0 Å². The highest BCUT2D eigenvalue weighted by molar-refractivity contribution is 7.20. The van der Waals surface area contributed by atoms with Gasteiger partial charge in [0.15, 0.2) is 0 Å². The van der Waals surface area contributed by atoms with Crippen LogP contribution >= 0.6 is 11.3 Å². The molecule has 2 aromatic heterocycles. The Morgan fingerprint density at radius 3 is 2.58 bits per heavy atom. The Hall–Kier alpha value is -2.80. The van der Waals surface area contributed by atoms with E-state index in [0.717, 1.165) is 51.4 Å². The van der Waals surface area contributed by atoms with E-state index in [1.807, 2.05) is 38.1 Å². The van der Waals surface area contributed by atoms with Crippen LogP contribution in [0.1, 0.15) is 65.9 Å². The summed E-state index contributed by atoms with van der Waals surface area (Å²) >= 11 is 1.41. The van der Waals surface area contributed by atoms with Crippen LogP contribution in [0.5, 0.6) is 0 Å². The molecule has 1 fully saturated rings. The van der Waals surface area contributed by atoms with Crippen LogP contribution in [0.2, 0.25) is 0 Å². The maximum Gasteiger partial charge on any atom is 0.261 e. The molecule has 2 N–H and O–H groups in total. The number of nitrogens with one attached hydrogen (secondary N) is 2. The first-order valence-electron chi connectivity index (χ1n) is 10.6. The van der Waals surface area contributed by atoms with Gasteiger partial charge in [-0.1, -0.05) is 32.9 Å². The molecule has 7 heteroatoms. The van der Waals surface area contributed by atoms with Crippen molar-refractivity contribution in [1.82, 2.24) is 15.3 Å². The van der Waals surface area contributed by atoms with E-state index in [-0.39, 0.29) is 23.1 Å². The summed E-state index contributed by atoms with van der Waals surface area (Å²) in [6.45, 7) is 10.6. The number of hydrogen-bond donors (Lipinski definition) is 2. The van der Waals surface area contributed by atoms with Crippen LogP contribution in [0, 0.1) is 19.8 Å². The zero-order valence-electron chi connectivity index (χ0n) is 18.6. The van der Waals surface area contributed by atoms with Crippen molar-refractivity contribution in [2.75, 3.05) is 5.32 Å². The predicted octanol–water partition coefficient (Wildman–Crippen LogP) is 4.88. The molecule has 0 radical (unpaired) electrons. The fraction of sp³-hybridized carbons (Fsp3) is 0.417. The third kappa shape index (κ3) is 4.61. The lowest BCUT2D eigenvalue weighted by molar-refractivity contribution is -0.117. The average Bonchev–Trinajstić information content (AvgIpc) is 3.49. The normalized spacial score (nSPS) is 14.0. The highest BCUT2D eigenvalue weighted by Crippen LogP contribution is 2.33. The summed E-state index contributed by atoms with van der Waals surface area (Å²) < 4.78 is 0. The van der Waals surface area contributed by atoms with Gasteiger partial charge in [0.05, 0.1) is 10.6 Å². The zero-order chi connectivity index (χ0) is 22.3. The summed E-state index contributed by atoms with van der Waals surface area (Å²) in [7, 11) is 0. The van der Waals surface area contributed by atoms with Crippen molar-refractivity contribution in [3.8, 4) is 0 Å². The number of aromatic nitrogens is 2. The summed E-state index contributed by atoms with van der Waals surface area (Å²) in [5, 5.41) is 6.92. The molecule has 0 aliphatic heterocycles. The molecule has 2 heterocycles. The third-order valence-corrected chi connectivity index (χ3v) is 6.63. The number of rotatable bonds is 5. The van der Waals surface area contributed by atoms with Crippen LogP contribution in [0.4, 0.5) is 5.69 Å². The summed E-state index contributed by atoms with van der Waals surface area (Å²) in [5.74, 6) is 0.901. The van der Waals surface area contributed by atoms with Gasteiger partial charge in [-0.15, -0.1) is 11.3 Å². The molecule has 31 heavy (non-hydrogen) atoms. The molecule has 1 aliphatic rings. The van der Waals surface area contributed by atoms with Gasteiger partial charge < -0.3 is 10.6 Å². The monoisotopic (exact) mass is 436 g/mol. The maximum atomic E-state index is 12.9. The summed E-state index contributed by atoms with van der Waals surface area (Å²) in [4.78, 5) is 35.9. The van der Waals surface area contributed by atoms with Crippen LogP contribution in [-0.2, 0) is 16.8 Å². The lowest BCUT2D eigenvalue weighted by Gasteiger charge is -2.16. The Morgan fingerprint density at radius 1 is 1.16 bits per heavy atom. The van der Waals surface area contributed by atoms with Gasteiger partial charge >= 0.3 is 0 Å². The molecular weight excluding hydrogens is 408 g/mol. The lowest BCUT2D eigenvalue weighted by atomic mass is 9.95. The Morgan fingerprint density at radius 2 is 1.90 bits per heavy atom. The molecule has 2 amide bonds. The van der Waals surface area contributed by atoms with Crippen molar-refractivity contribution < 1.29 is 9.59 Å². The number of amides is 2. The maximum absolute atomic E-state index is 12.9. The minimum absolute atomic E-state index is 0.0770. The highest BCUT2D eigenvalue weighted by Gasteiger charge is 2.29. The second-order valence-electron chi connectivity index (χ2n) is 9.27. The number of carbonyl (C=O) groups is 2. The molecule has 162 valence electrons. The van der Waals surface area contributed by atoms with Gasteiger partial charge in [0.25, 0.3) is 5.91 Å². The van der Waals surface area contributed by atoms with Crippen molar-refractivity contribution in [2.24, 2.45) is 5.92 Å². The number of benzene rings is 1. The Labute approximate surface area is 186 Å². The minimum atomic E-state index is -0.154. The van der Waals surface area contributed by atoms with Gasteiger partial charge in [-0.3, -0.25) is 9.59 Å². The van der Waals surface area contributed by atoms with Gasteiger partial charge in [-0.25, -0.2) is 9.97 Å². The van der Waals surface area contributed by atoms with Crippen molar-refractivity contribution in [1.29, 1.82) is 0 Å². The second kappa shape index (κ2) is 8.04. The van der Waals surface area contributed by atoms with Gasteiger partial charge in [-0.05, 0) is 49.9 Å². The van der Waals surface area contributed by atoms with Crippen molar-refractivity contribution in [2.45, 2.75) is 59.4 Å². The Bertz CT molecular complexity index is 1170. The van der Waals surface area contributed by atoms with Crippen LogP contribution in [-0.4, -0.2) is 21.8 Å². The molecule has 1 aliphatic carbocycles. The lowest BCUT2D eigenvalue weighted by Crippen LogP contribution is -2.22. The number of carbonyl (C=O) groups excluding carboxylic acids is 2. The third-order valence-electron chi connectivity index (χ3n) is 5.44. The van der Waals surface area contributed by atoms with E-state index < -0.39 is 0 Å². The van der Waals surface area contributed by atoms with Gasteiger partial charge in [-0.2, -0.15) is 0 Å². The largest absolute Gasteiger partial charge is 0.347 e. The van der Waals surface area contributed by atoms with Crippen LogP contribution in [0.15, 0.2) is 24.3 Å². The van der Waals surface area contributed by atoms with Gasteiger partial charge in [0.2, 0.25) is 5.91 Å². The first-order chi connectivity index (χ1) is 14.6. The van der Waals surface area contributed by atoms with E-state index in [9.17, 15) is 9.59 Å². The van der Waals surface area contributed by atoms with Crippen molar-refractivity contribution in [3.05, 3.63) is 51.8 Å². The van der Waals surface area contributed by atoms with Gasteiger partial charge in [0, 0.05) is 29.0 Å². The number of thiophene rings is 1. The number of anilines is 1. The first-order valence-corrected chi connectivity index (χ1v) is 11.4. The van der Waals surface area contributed by atoms with E-state index in [4.69, 9.17) is 4.98 Å². The van der Waals surface area contributed by atoms with E-state index in [0.29, 0.717) is 11.4 Å². The summed E-state index contributed by atoms with van der Waals surface area (Å²) in [6, 6.07) is 7.61. The SMILES string of the molecule is Cc1nc(C(C)(C)C)nc2sc(C(=O)NCc3cccc(NC(=O)C4CC4)c3)c(C)c12. The molecule has 0 unspecified atom stereocenters. The summed E-state index contributed by atoms with van der Waals surface area (Å²) in [5.41, 5.74) is 3.37. The fourth-order valence-corrected chi connectivity index (χ4v) is 4.65. The van der Waals surface area contributed by atoms with E-state index in [1.54, 1.807) is 0 Å². The Kier molecular flexibility index (Phi) is 5.56. The zero-order valence-corrected chi connectivity index (χ0v) is 19.4. The molecule has 0 saturated heterocycles. The Balaban J connectivity index is 1.50.